The van der Waals surface area contributed by atoms with Gasteiger partial charge in [-0.15, -0.1) is 0 Å². The first kappa shape index (κ1) is 31.1. The predicted octanol–water partition coefficient (Wildman–Crippen LogP) is 8.48. The first-order valence-electron chi connectivity index (χ1n) is 13.8. The number of hydrogen-bond donors (Lipinski definition) is 1. The van der Waals surface area contributed by atoms with E-state index < -0.39 is 17.7 Å². The Balaban J connectivity index is 1.49. The van der Waals surface area contributed by atoms with Gasteiger partial charge < -0.3 is 9.84 Å². The predicted molar refractivity (Wildman–Crippen MR) is 159 cm³/mol. The zero-order valence-electron chi connectivity index (χ0n) is 23.1. The highest BCUT2D eigenvalue weighted by atomic mass is 35.5. The Labute approximate surface area is 249 Å². The molecule has 4 nitrogen and oxygen atoms in total. The number of carboxylic acids is 1. The molecule has 0 amide bonds. The highest BCUT2D eigenvalue weighted by Crippen LogP contribution is 2.37. The number of rotatable bonds is 14. The van der Waals surface area contributed by atoms with Crippen LogP contribution in [0.1, 0.15) is 46.6 Å². The highest BCUT2D eigenvalue weighted by Gasteiger charge is 2.34. The number of aliphatic carboxylic acids is 1. The summed E-state index contributed by atoms with van der Waals surface area (Å²) in [5, 5.41) is 8.76. The minimum Gasteiger partial charge on any atom is -0.494 e. The maximum absolute atomic E-state index is 13.6. The minimum atomic E-state index is -4.53. The number of hydrogen-bond acceptors (Lipinski definition) is 3. The van der Waals surface area contributed by atoms with Gasteiger partial charge in [-0.1, -0.05) is 96.5 Å². The SMILES string of the molecule is O=C(O)Cc1cccc(OCCCCN(Cc2cccc(C(F)(F)F)c2Cl)CC(c2ccccc2)c2ccccc2)c1. The van der Waals surface area contributed by atoms with Crippen LogP contribution in [0.3, 0.4) is 0 Å². The Bertz CT molecular complexity index is 1390. The Morgan fingerprint density at radius 2 is 1.50 bits per heavy atom. The van der Waals surface area contributed by atoms with Crippen molar-refractivity contribution >= 4 is 17.6 Å². The number of ether oxygens (including phenoxy) is 1. The Hall–Kier alpha value is -3.81. The summed E-state index contributed by atoms with van der Waals surface area (Å²) in [6, 6.07) is 31.2. The number of unbranched alkanes of at least 4 members (excludes halogenated alkanes) is 1. The lowest BCUT2D eigenvalue weighted by Gasteiger charge is -2.29. The van der Waals surface area contributed by atoms with Gasteiger partial charge in [0.2, 0.25) is 0 Å². The number of carboxylic acid groups (broad SMARTS) is 1. The van der Waals surface area contributed by atoms with E-state index in [0.717, 1.165) is 23.6 Å². The zero-order chi connectivity index (χ0) is 30.0. The van der Waals surface area contributed by atoms with Crippen LogP contribution in [-0.2, 0) is 23.9 Å². The van der Waals surface area contributed by atoms with Crippen molar-refractivity contribution in [2.45, 2.75) is 37.9 Å². The normalized spacial score (nSPS) is 11.7. The van der Waals surface area contributed by atoms with Crippen LogP contribution >= 0.6 is 11.6 Å². The van der Waals surface area contributed by atoms with Gasteiger partial charge in [0.05, 0.1) is 23.6 Å². The van der Waals surface area contributed by atoms with Crippen molar-refractivity contribution in [1.29, 1.82) is 0 Å². The highest BCUT2D eigenvalue weighted by molar-refractivity contribution is 6.32. The van der Waals surface area contributed by atoms with Crippen LogP contribution in [0, 0.1) is 0 Å². The van der Waals surface area contributed by atoms with E-state index in [1.165, 1.54) is 6.07 Å². The second-order valence-corrected chi connectivity index (χ2v) is 10.5. The Kier molecular flexibility index (Phi) is 11.0. The van der Waals surface area contributed by atoms with Crippen molar-refractivity contribution in [2.75, 3.05) is 19.7 Å². The average Bonchev–Trinajstić information content (AvgIpc) is 2.96. The molecule has 0 aromatic heterocycles. The number of benzene rings is 4. The van der Waals surface area contributed by atoms with Gasteiger partial charge in [-0.25, -0.2) is 0 Å². The molecule has 1 N–H and O–H groups in total. The molecule has 4 rings (SSSR count). The van der Waals surface area contributed by atoms with Crippen LogP contribution in [-0.4, -0.2) is 35.7 Å². The summed E-state index contributed by atoms with van der Waals surface area (Å²) < 4.78 is 46.6. The topological polar surface area (TPSA) is 49.8 Å². The van der Waals surface area contributed by atoms with Crippen molar-refractivity contribution in [3.63, 3.8) is 0 Å². The number of nitrogens with zero attached hydrogens (tertiary/aromatic N) is 1. The van der Waals surface area contributed by atoms with Gasteiger partial charge in [-0.2, -0.15) is 13.2 Å². The van der Waals surface area contributed by atoms with E-state index in [2.05, 4.69) is 29.2 Å². The first-order valence-corrected chi connectivity index (χ1v) is 14.2. The molecule has 42 heavy (non-hydrogen) atoms. The molecule has 0 bridgehead atoms. The quantitative estimate of drug-likeness (QED) is 0.149. The van der Waals surface area contributed by atoms with Crippen molar-refractivity contribution in [3.05, 3.63) is 136 Å². The third-order valence-corrected chi connectivity index (χ3v) is 7.46. The molecular formula is C34H33ClF3NO3. The summed E-state index contributed by atoms with van der Waals surface area (Å²) in [4.78, 5) is 13.2. The largest absolute Gasteiger partial charge is 0.494 e. The van der Waals surface area contributed by atoms with Crippen LogP contribution in [0.2, 0.25) is 5.02 Å². The Morgan fingerprint density at radius 3 is 2.12 bits per heavy atom. The number of halogens is 4. The van der Waals surface area contributed by atoms with E-state index in [-0.39, 0.29) is 23.9 Å². The molecule has 0 spiro atoms. The smallest absolute Gasteiger partial charge is 0.417 e. The monoisotopic (exact) mass is 595 g/mol. The molecule has 0 heterocycles. The molecule has 0 saturated heterocycles. The van der Waals surface area contributed by atoms with Crippen molar-refractivity contribution in [1.82, 2.24) is 4.90 Å². The van der Waals surface area contributed by atoms with Crippen molar-refractivity contribution in [2.24, 2.45) is 0 Å². The minimum absolute atomic E-state index is 0.00481. The Morgan fingerprint density at radius 1 is 0.857 bits per heavy atom. The molecule has 0 aliphatic carbocycles. The maximum Gasteiger partial charge on any atom is 0.417 e. The first-order chi connectivity index (χ1) is 20.2. The maximum atomic E-state index is 13.6. The van der Waals surface area contributed by atoms with E-state index in [9.17, 15) is 18.0 Å². The zero-order valence-corrected chi connectivity index (χ0v) is 23.8. The second-order valence-electron chi connectivity index (χ2n) is 10.2. The summed E-state index contributed by atoms with van der Waals surface area (Å²) in [5.41, 5.74) is 2.50. The fourth-order valence-electron chi connectivity index (χ4n) is 4.98. The molecule has 0 fully saturated rings. The average molecular weight is 596 g/mol. The molecular weight excluding hydrogens is 563 g/mol. The summed E-state index contributed by atoms with van der Waals surface area (Å²) in [6.45, 7) is 1.89. The molecule has 0 radical (unpaired) electrons. The molecule has 220 valence electrons. The van der Waals surface area contributed by atoms with E-state index in [4.69, 9.17) is 21.4 Å². The van der Waals surface area contributed by atoms with E-state index in [0.29, 0.717) is 43.0 Å². The van der Waals surface area contributed by atoms with Gasteiger partial charge in [0.1, 0.15) is 5.75 Å². The molecule has 0 aliphatic rings. The fraction of sp³-hybridized carbons (Fsp3) is 0.265. The molecule has 4 aromatic rings. The van der Waals surface area contributed by atoms with Crippen LogP contribution in [0.4, 0.5) is 13.2 Å². The van der Waals surface area contributed by atoms with Gasteiger partial charge in [0, 0.05) is 19.0 Å². The summed E-state index contributed by atoms with van der Waals surface area (Å²) in [6.07, 6.45) is -3.17. The van der Waals surface area contributed by atoms with E-state index in [1.807, 2.05) is 36.4 Å². The van der Waals surface area contributed by atoms with E-state index >= 15 is 0 Å². The van der Waals surface area contributed by atoms with Crippen LogP contribution in [0.15, 0.2) is 103 Å². The van der Waals surface area contributed by atoms with Crippen LogP contribution in [0.25, 0.3) is 0 Å². The summed E-state index contributed by atoms with van der Waals surface area (Å²) in [7, 11) is 0. The molecule has 4 aromatic carbocycles. The van der Waals surface area contributed by atoms with Crippen LogP contribution in [0.5, 0.6) is 5.75 Å². The lowest BCUT2D eigenvalue weighted by molar-refractivity contribution is -0.138. The molecule has 8 heteroatoms. The molecule has 0 saturated carbocycles. The molecule has 0 atom stereocenters. The molecule has 0 unspecified atom stereocenters. The van der Waals surface area contributed by atoms with Gasteiger partial charge >= 0.3 is 12.1 Å². The standard InChI is InChI=1S/C34H33ClF3NO3/c35-33-28(16-10-18-31(33)34(36,37)38)23-39(19-7-8-20-42-29-17-9-11-25(21-29)22-32(40)41)24-30(26-12-3-1-4-13-26)27-14-5-2-6-15-27/h1-6,9-18,21,30H,7-8,19-20,22-24H2,(H,40,41). The number of carbonyl (C=O) groups is 1. The molecule has 0 aliphatic heterocycles. The van der Waals surface area contributed by atoms with Crippen LogP contribution < -0.4 is 4.74 Å². The summed E-state index contributed by atoms with van der Waals surface area (Å²) >= 11 is 6.30. The lowest BCUT2D eigenvalue weighted by atomic mass is 9.90. The van der Waals surface area contributed by atoms with Gasteiger partial charge in [-0.05, 0) is 59.8 Å². The summed E-state index contributed by atoms with van der Waals surface area (Å²) in [5.74, 6) is -0.294. The second kappa shape index (κ2) is 14.9. The lowest BCUT2D eigenvalue weighted by Crippen LogP contribution is -2.30. The van der Waals surface area contributed by atoms with Gasteiger partial charge in [0.15, 0.2) is 0 Å². The fourth-order valence-corrected chi connectivity index (χ4v) is 5.27. The van der Waals surface area contributed by atoms with Crippen molar-refractivity contribution < 1.29 is 27.8 Å². The van der Waals surface area contributed by atoms with Gasteiger partial charge in [0.25, 0.3) is 0 Å². The number of alkyl halides is 3. The third-order valence-electron chi connectivity index (χ3n) is 7.01. The third kappa shape index (κ3) is 9.10. The van der Waals surface area contributed by atoms with Crippen molar-refractivity contribution in [3.8, 4) is 5.75 Å². The van der Waals surface area contributed by atoms with E-state index in [1.54, 1.807) is 30.3 Å². The van der Waals surface area contributed by atoms with Gasteiger partial charge in [-0.3, -0.25) is 9.69 Å².